The van der Waals surface area contributed by atoms with Gasteiger partial charge in [-0.3, -0.25) is 14.4 Å². The molecule has 0 aliphatic heterocycles. The summed E-state index contributed by atoms with van der Waals surface area (Å²) in [4.78, 5) is 37.5. The fourth-order valence-electron chi connectivity index (χ4n) is 2.68. The van der Waals surface area contributed by atoms with E-state index in [1.54, 1.807) is 31.2 Å². The van der Waals surface area contributed by atoms with Crippen LogP contribution in [0.15, 0.2) is 48.5 Å². The van der Waals surface area contributed by atoms with Crippen LogP contribution in [-0.2, 0) is 0 Å². The van der Waals surface area contributed by atoms with Gasteiger partial charge in [0.25, 0.3) is 17.7 Å². The van der Waals surface area contributed by atoms with E-state index in [9.17, 15) is 14.4 Å². The van der Waals surface area contributed by atoms with Crippen LogP contribution in [0.3, 0.4) is 0 Å². The van der Waals surface area contributed by atoms with E-state index in [0.29, 0.717) is 21.3 Å². The number of nitrogens with two attached hydrogens (primary N) is 1. The van der Waals surface area contributed by atoms with E-state index in [0.717, 1.165) is 11.3 Å². The van der Waals surface area contributed by atoms with Gasteiger partial charge in [-0.25, -0.2) is 0 Å². The molecule has 3 aromatic rings. The van der Waals surface area contributed by atoms with Gasteiger partial charge in [-0.1, -0.05) is 41.4 Å². The summed E-state index contributed by atoms with van der Waals surface area (Å²) in [5.41, 5.74) is 6.76. The molecule has 0 saturated carbocycles. The maximum absolute atomic E-state index is 12.7. The van der Waals surface area contributed by atoms with E-state index in [2.05, 4.69) is 10.6 Å². The number of rotatable bonds is 5. The molecule has 0 radical (unpaired) electrons. The molecule has 4 N–H and O–H groups in total. The summed E-state index contributed by atoms with van der Waals surface area (Å²) in [7, 11) is 0. The molecular weight excluding hydrogens is 433 g/mol. The fourth-order valence-corrected chi connectivity index (χ4v) is 4.31. The lowest BCUT2D eigenvalue weighted by molar-refractivity contribution is 0.100. The molecule has 1 heterocycles. The van der Waals surface area contributed by atoms with Gasteiger partial charge in [0.15, 0.2) is 0 Å². The van der Waals surface area contributed by atoms with Crippen molar-refractivity contribution in [2.75, 3.05) is 10.6 Å². The molecule has 0 fully saturated rings. The van der Waals surface area contributed by atoms with Gasteiger partial charge < -0.3 is 16.4 Å². The average Bonchev–Trinajstić information content (AvgIpc) is 2.98. The molecule has 3 rings (SSSR count). The van der Waals surface area contributed by atoms with Crippen LogP contribution in [0.2, 0.25) is 10.0 Å². The van der Waals surface area contributed by atoms with Gasteiger partial charge in [-0.05, 0) is 42.8 Å². The van der Waals surface area contributed by atoms with Crippen LogP contribution in [0.5, 0.6) is 0 Å². The summed E-state index contributed by atoms with van der Waals surface area (Å²) in [5, 5.41) is 6.14. The molecule has 29 heavy (non-hydrogen) atoms. The molecule has 0 aliphatic carbocycles. The second-order valence-electron chi connectivity index (χ2n) is 6.06. The third-order valence-electron chi connectivity index (χ3n) is 3.98. The lowest BCUT2D eigenvalue weighted by Gasteiger charge is -2.06. The topological polar surface area (TPSA) is 101 Å². The summed E-state index contributed by atoms with van der Waals surface area (Å²) in [5.74, 6) is -1.70. The zero-order chi connectivity index (χ0) is 21.1. The first-order valence-electron chi connectivity index (χ1n) is 8.33. The molecule has 6 nitrogen and oxygen atoms in total. The van der Waals surface area contributed by atoms with Gasteiger partial charge in [0.05, 0.1) is 10.4 Å². The zero-order valence-corrected chi connectivity index (χ0v) is 17.4. The van der Waals surface area contributed by atoms with E-state index in [-0.39, 0.29) is 21.0 Å². The number of carbonyl (C=O) groups is 3. The van der Waals surface area contributed by atoms with E-state index in [1.807, 2.05) is 6.07 Å². The Morgan fingerprint density at radius 1 is 0.931 bits per heavy atom. The Hall–Kier alpha value is -2.87. The number of primary amides is 1. The monoisotopic (exact) mass is 447 g/mol. The van der Waals surface area contributed by atoms with Crippen molar-refractivity contribution in [2.45, 2.75) is 6.92 Å². The van der Waals surface area contributed by atoms with Crippen LogP contribution in [-0.4, -0.2) is 17.7 Å². The third kappa shape index (κ3) is 4.76. The van der Waals surface area contributed by atoms with Crippen molar-refractivity contribution in [2.24, 2.45) is 5.73 Å². The predicted octanol–water partition coefficient (Wildman–Crippen LogP) is 4.97. The standard InChI is InChI=1S/C20H15Cl2N3O3S/c1-10-15(17(23)26)20(25-18(27)11-7-12(21)9-13(22)8-11)29-16(10)19(28)24-14-5-3-2-4-6-14/h2-9H,1H3,(H2,23,26)(H,24,28)(H,25,27). The van der Waals surface area contributed by atoms with Crippen molar-refractivity contribution < 1.29 is 14.4 Å². The SMILES string of the molecule is Cc1c(C(=O)Nc2ccccc2)sc(NC(=O)c2cc(Cl)cc(Cl)c2)c1C(N)=O. The first kappa shape index (κ1) is 20.9. The van der Waals surface area contributed by atoms with Crippen molar-refractivity contribution in [1.29, 1.82) is 0 Å². The van der Waals surface area contributed by atoms with Crippen LogP contribution >= 0.6 is 34.5 Å². The third-order valence-corrected chi connectivity index (χ3v) is 5.63. The van der Waals surface area contributed by atoms with Crippen molar-refractivity contribution in [3.05, 3.63) is 80.1 Å². The number of anilines is 2. The highest BCUT2D eigenvalue weighted by atomic mass is 35.5. The van der Waals surface area contributed by atoms with E-state index in [4.69, 9.17) is 28.9 Å². The molecule has 0 unspecified atom stereocenters. The molecule has 9 heteroatoms. The molecule has 0 aliphatic rings. The number of thiophene rings is 1. The van der Waals surface area contributed by atoms with Crippen LogP contribution in [0.4, 0.5) is 10.7 Å². The smallest absolute Gasteiger partial charge is 0.266 e. The van der Waals surface area contributed by atoms with Crippen LogP contribution in [0, 0.1) is 6.92 Å². The normalized spacial score (nSPS) is 10.4. The van der Waals surface area contributed by atoms with Gasteiger partial charge >= 0.3 is 0 Å². The van der Waals surface area contributed by atoms with Gasteiger partial charge in [-0.2, -0.15) is 0 Å². The minimum atomic E-state index is -0.753. The Labute approximate surface area is 180 Å². The number of amides is 3. The minimum absolute atomic E-state index is 0.0784. The molecule has 0 bridgehead atoms. The number of halogens is 2. The summed E-state index contributed by atoms with van der Waals surface area (Å²) < 4.78 is 0. The lowest BCUT2D eigenvalue weighted by Crippen LogP contribution is -2.18. The van der Waals surface area contributed by atoms with E-state index >= 15 is 0 Å². The molecule has 0 atom stereocenters. The highest BCUT2D eigenvalue weighted by Gasteiger charge is 2.25. The first-order chi connectivity index (χ1) is 13.8. The molecule has 3 amide bonds. The first-order valence-corrected chi connectivity index (χ1v) is 9.90. The fraction of sp³-hybridized carbons (Fsp3) is 0.0500. The molecular formula is C20H15Cl2N3O3S. The predicted molar refractivity (Wildman–Crippen MR) is 116 cm³/mol. The maximum Gasteiger partial charge on any atom is 0.266 e. The van der Waals surface area contributed by atoms with E-state index in [1.165, 1.54) is 18.2 Å². The highest BCUT2D eigenvalue weighted by Crippen LogP contribution is 2.34. The number of carbonyl (C=O) groups excluding carboxylic acids is 3. The Morgan fingerprint density at radius 2 is 1.55 bits per heavy atom. The number of benzene rings is 2. The number of para-hydroxylation sites is 1. The van der Waals surface area contributed by atoms with Gasteiger partial charge in [-0.15, -0.1) is 11.3 Å². The number of hydrogen-bond acceptors (Lipinski definition) is 4. The van der Waals surface area contributed by atoms with Crippen molar-refractivity contribution in [1.82, 2.24) is 0 Å². The quantitative estimate of drug-likeness (QED) is 0.514. The van der Waals surface area contributed by atoms with Gasteiger partial charge in [0, 0.05) is 21.3 Å². The Kier molecular flexibility index (Phi) is 6.22. The molecule has 148 valence electrons. The Morgan fingerprint density at radius 3 is 2.14 bits per heavy atom. The molecule has 2 aromatic carbocycles. The summed E-state index contributed by atoms with van der Waals surface area (Å²) >= 11 is 12.8. The minimum Gasteiger partial charge on any atom is -0.365 e. The second-order valence-corrected chi connectivity index (χ2v) is 7.95. The Bertz CT molecular complexity index is 1090. The van der Waals surface area contributed by atoms with Crippen LogP contribution < -0.4 is 16.4 Å². The van der Waals surface area contributed by atoms with E-state index < -0.39 is 17.7 Å². The van der Waals surface area contributed by atoms with Gasteiger partial charge in [0.2, 0.25) is 0 Å². The van der Waals surface area contributed by atoms with Gasteiger partial charge in [0.1, 0.15) is 5.00 Å². The summed E-state index contributed by atoms with van der Waals surface area (Å²) in [6, 6.07) is 13.2. The number of nitrogens with one attached hydrogen (secondary N) is 2. The summed E-state index contributed by atoms with van der Waals surface area (Å²) in [6.45, 7) is 1.60. The van der Waals surface area contributed by atoms with Crippen molar-refractivity contribution >= 4 is 62.9 Å². The average molecular weight is 448 g/mol. The molecule has 1 aromatic heterocycles. The molecule has 0 spiro atoms. The maximum atomic E-state index is 12.7. The van der Waals surface area contributed by atoms with Crippen LogP contribution in [0.25, 0.3) is 0 Å². The largest absolute Gasteiger partial charge is 0.365 e. The lowest BCUT2D eigenvalue weighted by atomic mass is 10.1. The summed E-state index contributed by atoms with van der Waals surface area (Å²) in [6.07, 6.45) is 0. The van der Waals surface area contributed by atoms with Crippen molar-refractivity contribution in [3.8, 4) is 0 Å². The zero-order valence-electron chi connectivity index (χ0n) is 15.1. The van der Waals surface area contributed by atoms with Crippen molar-refractivity contribution in [3.63, 3.8) is 0 Å². The second kappa shape index (κ2) is 8.65. The highest BCUT2D eigenvalue weighted by molar-refractivity contribution is 7.19. The Balaban J connectivity index is 1.92. The molecule has 0 saturated heterocycles. The van der Waals surface area contributed by atoms with Crippen LogP contribution in [0.1, 0.15) is 36.0 Å². The number of hydrogen-bond donors (Lipinski definition) is 3.